The van der Waals surface area contributed by atoms with E-state index in [1.165, 1.54) is 5.56 Å². The Labute approximate surface area is 176 Å². The third-order valence-corrected chi connectivity index (χ3v) is 6.82. The van der Waals surface area contributed by atoms with E-state index in [2.05, 4.69) is 33.8 Å². The monoisotopic (exact) mass is 407 g/mol. The standard InChI is InChI=1S/C23H29N5O2/c1-13-5-6-20(16(4)25-13)30-21-10-18-12-27(11-17(18)9-19(21)29)23-14(2)15(3)26-22-7-8-24-28(22)23/h5-8,17-19,21,29H,9-12H2,1-4H3/t17-,18+,19+,21+/m0/s1. The van der Waals surface area contributed by atoms with Gasteiger partial charge >= 0.3 is 0 Å². The molecule has 3 aromatic heterocycles. The number of anilines is 1. The van der Waals surface area contributed by atoms with Crippen molar-refractivity contribution in [2.24, 2.45) is 11.8 Å². The van der Waals surface area contributed by atoms with Crippen LogP contribution in [-0.4, -0.2) is 50.0 Å². The number of aliphatic hydroxyl groups is 1. The van der Waals surface area contributed by atoms with Gasteiger partial charge in [0.15, 0.2) is 5.65 Å². The summed E-state index contributed by atoms with van der Waals surface area (Å²) in [4.78, 5) is 11.6. The van der Waals surface area contributed by atoms with Crippen molar-refractivity contribution in [1.29, 1.82) is 0 Å². The number of nitrogens with zero attached hydrogens (tertiary/aromatic N) is 5. The van der Waals surface area contributed by atoms with Crippen LogP contribution in [0.4, 0.5) is 5.82 Å². The van der Waals surface area contributed by atoms with Crippen LogP contribution in [0.3, 0.4) is 0 Å². The average Bonchev–Trinajstić information content (AvgIpc) is 3.31. The normalized spacial score (nSPS) is 26.2. The predicted molar refractivity (Wildman–Crippen MR) is 115 cm³/mol. The first-order valence-corrected chi connectivity index (χ1v) is 10.8. The largest absolute Gasteiger partial charge is 0.486 e. The first-order chi connectivity index (χ1) is 14.4. The summed E-state index contributed by atoms with van der Waals surface area (Å²) in [6.07, 6.45) is 2.76. The fourth-order valence-electron chi connectivity index (χ4n) is 5.14. The number of aromatic nitrogens is 4. The second kappa shape index (κ2) is 7.23. The Bertz CT molecular complexity index is 1090. The maximum atomic E-state index is 10.8. The Morgan fingerprint density at radius 3 is 2.50 bits per heavy atom. The van der Waals surface area contributed by atoms with Gasteiger partial charge in [0, 0.05) is 36.1 Å². The molecule has 3 aromatic rings. The number of aryl methyl sites for hydroxylation is 3. The zero-order valence-electron chi connectivity index (χ0n) is 18.0. The predicted octanol–water partition coefficient (Wildman–Crippen LogP) is 3.01. The van der Waals surface area contributed by atoms with Crippen LogP contribution in [0.25, 0.3) is 5.65 Å². The van der Waals surface area contributed by atoms with Gasteiger partial charge in [0.2, 0.25) is 0 Å². The van der Waals surface area contributed by atoms with Gasteiger partial charge in [0.05, 0.1) is 18.0 Å². The van der Waals surface area contributed by atoms with Gasteiger partial charge in [-0.1, -0.05) is 0 Å². The molecule has 0 spiro atoms. The summed E-state index contributed by atoms with van der Waals surface area (Å²) in [5.74, 6) is 2.84. The second-order valence-corrected chi connectivity index (χ2v) is 8.90. The van der Waals surface area contributed by atoms with Gasteiger partial charge in [0.25, 0.3) is 0 Å². The van der Waals surface area contributed by atoms with Crippen molar-refractivity contribution >= 4 is 11.5 Å². The molecule has 1 N–H and O–H groups in total. The van der Waals surface area contributed by atoms with E-state index in [1.54, 1.807) is 6.20 Å². The summed E-state index contributed by atoms with van der Waals surface area (Å²) >= 11 is 0. The minimum atomic E-state index is -0.461. The van der Waals surface area contributed by atoms with Crippen molar-refractivity contribution in [3.05, 3.63) is 47.0 Å². The van der Waals surface area contributed by atoms with Gasteiger partial charge in [0.1, 0.15) is 17.7 Å². The number of ether oxygens (including phenoxy) is 1. The van der Waals surface area contributed by atoms with Crippen molar-refractivity contribution in [1.82, 2.24) is 19.6 Å². The van der Waals surface area contributed by atoms with Crippen LogP contribution in [0.15, 0.2) is 24.4 Å². The van der Waals surface area contributed by atoms with Gasteiger partial charge in [-0.05, 0) is 64.5 Å². The molecule has 5 rings (SSSR count). The van der Waals surface area contributed by atoms with Crippen LogP contribution in [0.5, 0.6) is 5.75 Å². The second-order valence-electron chi connectivity index (χ2n) is 8.90. The summed E-state index contributed by atoms with van der Waals surface area (Å²) in [6, 6.07) is 5.88. The molecule has 4 atom stereocenters. The van der Waals surface area contributed by atoms with Crippen molar-refractivity contribution in [3.8, 4) is 5.75 Å². The Kier molecular flexibility index (Phi) is 4.65. The van der Waals surface area contributed by atoms with Gasteiger partial charge in [-0.2, -0.15) is 9.61 Å². The number of fused-ring (bicyclic) bond motifs is 2. The summed E-state index contributed by atoms with van der Waals surface area (Å²) in [7, 11) is 0. The first kappa shape index (κ1) is 19.3. The van der Waals surface area contributed by atoms with Gasteiger partial charge in [-0.3, -0.25) is 4.98 Å². The molecule has 0 unspecified atom stereocenters. The smallest absolute Gasteiger partial charge is 0.157 e. The van der Waals surface area contributed by atoms with E-state index in [1.807, 2.05) is 36.6 Å². The first-order valence-electron chi connectivity index (χ1n) is 10.8. The lowest BCUT2D eigenvalue weighted by molar-refractivity contribution is -0.0236. The Balaban J connectivity index is 1.38. The minimum Gasteiger partial charge on any atom is -0.486 e. The summed E-state index contributed by atoms with van der Waals surface area (Å²) in [5.41, 5.74) is 4.94. The lowest BCUT2D eigenvalue weighted by atomic mass is 9.78. The van der Waals surface area contributed by atoms with Crippen LogP contribution in [0.2, 0.25) is 0 Å². The molecule has 1 saturated heterocycles. The number of aliphatic hydroxyl groups excluding tert-OH is 1. The van der Waals surface area contributed by atoms with E-state index in [0.717, 1.165) is 60.2 Å². The van der Waals surface area contributed by atoms with E-state index >= 15 is 0 Å². The molecule has 2 fully saturated rings. The molecule has 1 aliphatic heterocycles. The van der Waals surface area contributed by atoms with Crippen LogP contribution in [-0.2, 0) is 0 Å². The highest BCUT2D eigenvalue weighted by Gasteiger charge is 2.43. The Morgan fingerprint density at radius 2 is 1.73 bits per heavy atom. The lowest BCUT2D eigenvalue weighted by Gasteiger charge is -2.35. The van der Waals surface area contributed by atoms with Gasteiger partial charge < -0.3 is 14.7 Å². The zero-order valence-corrected chi connectivity index (χ0v) is 18.0. The Morgan fingerprint density at radius 1 is 0.967 bits per heavy atom. The summed E-state index contributed by atoms with van der Waals surface area (Å²) in [6.45, 7) is 9.99. The lowest BCUT2D eigenvalue weighted by Crippen LogP contribution is -2.42. The molecule has 0 bridgehead atoms. The van der Waals surface area contributed by atoms with Crippen LogP contribution in [0.1, 0.15) is 35.5 Å². The summed E-state index contributed by atoms with van der Waals surface area (Å²) in [5, 5.41) is 15.3. The molecule has 4 heterocycles. The third kappa shape index (κ3) is 3.21. The van der Waals surface area contributed by atoms with E-state index < -0.39 is 6.10 Å². The van der Waals surface area contributed by atoms with E-state index in [9.17, 15) is 5.11 Å². The Hall–Kier alpha value is -2.67. The average molecular weight is 408 g/mol. The van der Waals surface area contributed by atoms with Crippen LogP contribution in [0, 0.1) is 39.5 Å². The van der Waals surface area contributed by atoms with Crippen molar-refractivity contribution in [2.45, 2.75) is 52.7 Å². The molecule has 1 aliphatic carbocycles. The van der Waals surface area contributed by atoms with Crippen molar-refractivity contribution in [2.75, 3.05) is 18.0 Å². The van der Waals surface area contributed by atoms with E-state index in [0.29, 0.717) is 11.8 Å². The number of hydrogen-bond acceptors (Lipinski definition) is 6. The SMILES string of the molecule is Cc1ccc(O[C@@H]2C[C@@H]3CN(c4c(C)c(C)nc5ccnn45)C[C@@H]3C[C@H]2O)c(C)n1. The molecule has 7 heteroatoms. The number of hydrogen-bond donors (Lipinski definition) is 1. The molecule has 0 radical (unpaired) electrons. The molecule has 7 nitrogen and oxygen atoms in total. The topological polar surface area (TPSA) is 75.8 Å². The fourth-order valence-corrected chi connectivity index (χ4v) is 5.14. The third-order valence-electron chi connectivity index (χ3n) is 6.82. The van der Waals surface area contributed by atoms with E-state index in [-0.39, 0.29) is 6.10 Å². The summed E-state index contributed by atoms with van der Waals surface area (Å²) < 4.78 is 8.19. The maximum Gasteiger partial charge on any atom is 0.157 e. The fraction of sp³-hybridized carbons (Fsp3) is 0.522. The highest BCUT2D eigenvalue weighted by Crippen LogP contribution is 2.40. The highest BCUT2D eigenvalue weighted by molar-refractivity contribution is 5.57. The van der Waals surface area contributed by atoms with E-state index in [4.69, 9.17) is 4.74 Å². The zero-order chi connectivity index (χ0) is 21.0. The molecule has 158 valence electrons. The quantitative estimate of drug-likeness (QED) is 0.719. The molecular weight excluding hydrogens is 378 g/mol. The molecule has 0 aromatic carbocycles. The highest BCUT2D eigenvalue weighted by atomic mass is 16.5. The van der Waals surface area contributed by atoms with Crippen molar-refractivity contribution < 1.29 is 9.84 Å². The molecular formula is C23H29N5O2. The molecule has 2 aliphatic rings. The maximum absolute atomic E-state index is 10.8. The molecule has 1 saturated carbocycles. The number of rotatable bonds is 3. The van der Waals surface area contributed by atoms with Gasteiger partial charge in [-0.25, -0.2) is 4.98 Å². The van der Waals surface area contributed by atoms with Gasteiger partial charge in [-0.15, -0.1) is 0 Å². The van der Waals surface area contributed by atoms with Crippen molar-refractivity contribution in [3.63, 3.8) is 0 Å². The van der Waals surface area contributed by atoms with Crippen LogP contribution >= 0.6 is 0 Å². The molecule has 30 heavy (non-hydrogen) atoms. The number of pyridine rings is 1. The molecule has 0 amide bonds. The minimum absolute atomic E-state index is 0.195. The van der Waals surface area contributed by atoms with Crippen LogP contribution < -0.4 is 9.64 Å².